The summed E-state index contributed by atoms with van der Waals surface area (Å²) in [6.45, 7) is 2.05. The summed E-state index contributed by atoms with van der Waals surface area (Å²) < 4.78 is 5.54. The van der Waals surface area contributed by atoms with Crippen LogP contribution < -0.4 is 11.1 Å². The molecule has 1 saturated heterocycles. The number of nitrogens with one attached hydrogen (secondary N) is 1. The predicted octanol–water partition coefficient (Wildman–Crippen LogP) is 3.65. The van der Waals surface area contributed by atoms with Crippen LogP contribution in [0, 0.1) is 0 Å². The van der Waals surface area contributed by atoms with Gasteiger partial charge in [0.15, 0.2) is 0 Å². The normalized spacial score (nSPS) is 16.4. The van der Waals surface area contributed by atoms with Crippen LogP contribution in [-0.2, 0) is 10.2 Å². The maximum absolute atomic E-state index is 11.2. The van der Waals surface area contributed by atoms with E-state index in [2.05, 4.69) is 22.4 Å². The van der Waals surface area contributed by atoms with E-state index >= 15 is 0 Å². The zero-order chi connectivity index (χ0) is 17.9. The van der Waals surface area contributed by atoms with Gasteiger partial charge < -0.3 is 15.8 Å². The average Bonchev–Trinajstić information content (AvgIpc) is 2.62. The maximum Gasteiger partial charge on any atom is 0.250 e. The molecule has 2 heterocycles. The standard InChI is InChI=1S/C18H19Cl2N3O2/c19-14-3-1-13(2-4-14)18(5-7-25-8-6-18)11-23-17-15(20)9-12(10-22-17)16(21)24/h1-4,9-10H,5-8,11H2,(H2,21,24)(H,22,23). The number of hydrogen-bond donors (Lipinski definition) is 2. The molecule has 1 aromatic carbocycles. The molecule has 132 valence electrons. The number of hydrogen-bond acceptors (Lipinski definition) is 4. The molecule has 2 aromatic rings. The molecule has 0 spiro atoms. The van der Waals surface area contributed by atoms with Crippen LogP contribution in [0.15, 0.2) is 36.5 Å². The second-order valence-corrected chi connectivity index (χ2v) is 7.02. The first kappa shape index (κ1) is 18.0. The van der Waals surface area contributed by atoms with Crippen molar-refractivity contribution in [2.45, 2.75) is 18.3 Å². The van der Waals surface area contributed by atoms with Crippen LogP contribution in [0.5, 0.6) is 0 Å². The number of aromatic nitrogens is 1. The zero-order valence-electron chi connectivity index (χ0n) is 13.6. The van der Waals surface area contributed by atoms with Crippen LogP contribution >= 0.6 is 23.2 Å². The van der Waals surface area contributed by atoms with E-state index in [1.807, 2.05) is 12.1 Å². The topological polar surface area (TPSA) is 77.2 Å². The predicted molar refractivity (Wildman–Crippen MR) is 99.4 cm³/mol. The number of anilines is 1. The van der Waals surface area contributed by atoms with Crippen molar-refractivity contribution in [1.29, 1.82) is 0 Å². The Hall–Kier alpha value is -1.82. The molecule has 1 amide bonds. The van der Waals surface area contributed by atoms with Gasteiger partial charge in [0.1, 0.15) is 5.82 Å². The molecule has 0 unspecified atom stereocenters. The van der Waals surface area contributed by atoms with Crippen molar-refractivity contribution in [1.82, 2.24) is 4.98 Å². The van der Waals surface area contributed by atoms with Gasteiger partial charge in [-0.3, -0.25) is 4.79 Å². The molecule has 5 nitrogen and oxygen atoms in total. The summed E-state index contributed by atoms with van der Waals surface area (Å²) in [4.78, 5) is 15.4. The Morgan fingerprint density at radius 3 is 2.52 bits per heavy atom. The van der Waals surface area contributed by atoms with E-state index in [1.165, 1.54) is 17.8 Å². The minimum absolute atomic E-state index is 0.0871. The van der Waals surface area contributed by atoms with Crippen molar-refractivity contribution in [3.63, 3.8) is 0 Å². The van der Waals surface area contributed by atoms with E-state index in [-0.39, 0.29) is 11.0 Å². The van der Waals surface area contributed by atoms with Gasteiger partial charge in [-0.05, 0) is 36.6 Å². The number of nitrogens with two attached hydrogens (primary N) is 1. The van der Waals surface area contributed by atoms with Crippen molar-refractivity contribution in [2.75, 3.05) is 25.1 Å². The second-order valence-electron chi connectivity index (χ2n) is 6.17. The van der Waals surface area contributed by atoms with Gasteiger partial charge in [0.05, 0.1) is 10.6 Å². The molecule has 0 atom stereocenters. The van der Waals surface area contributed by atoms with Crippen LogP contribution in [-0.4, -0.2) is 30.6 Å². The van der Waals surface area contributed by atoms with Crippen molar-refractivity contribution in [2.24, 2.45) is 5.73 Å². The summed E-state index contributed by atoms with van der Waals surface area (Å²) in [5.74, 6) is -0.0190. The number of benzene rings is 1. The first-order valence-corrected chi connectivity index (χ1v) is 8.79. The SMILES string of the molecule is NC(=O)c1cnc(NCC2(c3ccc(Cl)cc3)CCOCC2)c(Cl)c1. The molecule has 3 N–H and O–H groups in total. The molecule has 7 heteroatoms. The molecular weight excluding hydrogens is 361 g/mol. The highest BCUT2D eigenvalue weighted by atomic mass is 35.5. The Labute approximate surface area is 156 Å². The van der Waals surface area contributed by atoms with E-state index in [1.54, 1.807) is 0 Å². The van der Waals surface area contributed by atoms with Crippen molar-refractivity contribution in [3.05, 3.63) is 57.7 Å². The van der Waals surface area contributed by atoms with Crippen LogP contribution in [0.3, 0.4) is 0 Å². The number of carbonyl (C=O) groups is 1. The first-order chi connectivity index (χ1) is 12.0. The molecule has 3 rings (SSSR count). The third kappa shape index (κ3) is 4.06. The fraction of sp³-hybridized carbons (Fsp3) is 0.333. The Morgan fingerprint density at radius 2 is 1.92 bits per heavy atom. The van der Waals surface area contributed by atoms with Gasteiger partial charge in [-0.15, -0.1) is 0 Å². The molecule has 0 bridgehead atoms. The minimum atomic E-state index is -0.553. The smallest absolute Gasteiger partial charge is 0.250 e. The zero-order valence-corrected chi connectivity index (χ0v) is 15.1. The highest BCUT2D eigenvalue weighted by Crippen LogP contribution is 2.36. The largest absolute Gasteiger partial charge is 0.381 e. The van der Waals surface area contributed by atoms with Gasteiger partial charge in [-0.1, -0.05) is 35.3 Å². The van der Waals surface area contributed by atoms with Crippen LogP contribution in [0.2, 0.25) is 10.0 Å². The summed E-state index contributed by atoms with van der Waals surface area (Å²) in [5.41, 5.74) is 6.66. The van der Waals surface area contributed by atoms with Gasteiger partial charge >= 0.3 is 0 Å². The third-order valence-electron chi connectivity index (χ3n) is 4.63. The number of ether oxygens (including phenoxy) is 1. The maximum atomic E-state index is 11.2. The Bertz CT molecular complexity index is 759. The van der Waals surface area contributed by atoms with Crippen molar-refractivity contribution >= 4 is 34.9 Å². The van der Waals surface area contributed by atoms with E-state index in [0.717, 1.165) is 12.8 Å². The van der Waals surface area contributed by atoms with Crippen LogP contribution in [0.4, 0.5) is 5.82 Å². The number of amides is 1. The summed E-state index contributed by atoms with van der Waals surface area (Å²) >= 11 is 12.3. The molecule has 1 fully saturated rings. The molecule has 25 heavy (non-hydrogen) atoms. The number of halogens is 2. The second kappa shape index (κ2) is 7.60. The van der Waals surface area contributed by atoms with Crippen molar-refractivity contribution in [3.8, 4) is 0 Å². The molecule has 1 aromatic heterocycles. The van der Waals surface area contributed by atoms with Crippen molar-refractivity contribution < 1.29 is 9.53 Å². The monoisotopic (exact) mass is 379 g/mol. The number of nitrogens with zero attached hydrogens (tertiary/aromatic N) is 1. The lowest BCUT2D eigenvalue weighted by atomic mass is 9.74. The van der Waals surface area contributed by atoms with Gasteiger partial charge in [-0.25, -0.2) is 4.98 Å². The number of rotatable bonds is 5. The fourth-order valence-corrected chi connectivity index (χ4v) is 3.45. The highest BCUT2D eigenvalue weighted by Gasteiger charge is 2.34. The molecule has 1 aliphatic rings. The molecule has 0 aliphatic carbocycles. The molecule has 0 saturated carbocycles. The summed E-state index contributed by atoms with van der Waals surface area (Å²) in [6, 6.07) is 9.45. The summed E-state index contributed by atoms with van der Waals surface area (Å²) in [7, 11) is 0. The van der Waals surface area contributed by atoms with E-state index < -0.39 is 5.91 Å². The van der Waals surface area contributed by atoms with Crippen LogP contribution in [0.25, 0.3) is 0 Å². The molecule has 0 radical (unpaired) electrons. The van der Waals surface area contributed by atoms with E-state index in [9.17, 15) is 4.79 Å². The summed E-state index contributed by atoms with van der Waals surface area (Å²) in [6.07, 6.45) is 3.20. The lowest BCUT2D eigenvalue weighted by Gasteiger charge is -2.38. The quantitative estimate of drug-likeness (QED) is 0.830. The van der Waals surface area contributed by atoms with Crippen LogP contribution in [0.1, 0.15) is 28.8 Å². The minimum Gasteiger partial charge on any atom is -0.381 e. The summed E-state index contributed by atoms with van der Waals surface area (Å²) in [5, 5.41) is 4.40. The highest BCUT2D eigenvalue weighted by molar-refractivity contribution is 6.33. The number of pyridine rings is 1. The first-order valence-electron chi connectivity index (χ1n) is 8.03. The third-order valence-corrected chi connectivity index (χ3v) is 5.17. The van der Waals surface area contributed by atoms with E-state index in [4.69, 9.17) is 33.7 Å². The fourth-order valence-electron chi connectivity index (χ4n) is 3.09. The Kier molecular flexibility index (Phi) is 5.47. The van der Waals surface area contributed by atoms with Gasteiger partial charge in [0, 0.05) is 36.4 Å². The van der Waals surface area contributed by atoms with Gasteiger partial charge in [0.2, 0.25) is 5.91 Å². The van der Waals surface area contributed by atoms with E-state index in [0.29, 0.717) is 35.6 Å². The molecule has 1 aliphatic heterocycles. The lowest BCUT2D eigenvalue weighted by Crippen LogP contribution is -2.40. The average molecular weight is 380 g/mol. The number of carbonyl (C=O) groups excluding carboxylic acids is 1. The Morgan fingerprint density at radius 1 is 1.24 bits per heavy atom. The number of primary amides is 1. The van der Waals surface area contributed by atoms with Gasteiger partial charge in [0.25, 0.3) is 0 Å². The molecular formula is C18H19Cl2N3O2. The van der Waals surface area contributed by atoms with Gasteiger partial charge in [-0.2, -0.15) is 0 Å². The Balaban J connectivity index is 1.82. The lowest BCUT2D eigenvalue weighted by molar-refractivity contribution is 0.0543.